The van der Waals surface area contributed by atoms with Gasteiger partial charge in [-0.2, -0.15) is 0 Å². The number of nitrogens with zero attached hydrogens (tertiary/aromatic N) is 2. The minimum atomic E-state index is -0.513. The van der Waals surface area contributed by atoms with Crippen LogP contribution in [-0.2, 0) is 11.3 Å². The van der Waals surface area contributed by atoms with E-state index in [9.17, 15) is 9.18 Å². The molecule has 0 saturated carbocycles. The zero-order valence-corrected chi connectivity index (χ0v) is 17.0. The molecule has 2 aliphatic rings. The molecular weight excluding hydrogens is 411 g/mol. The Balaban J connectivity index is 1.43. The SMILES string of the molecule is O=C1CC(COc2ccc(F)c(Cl)c2)=Nc2c1ccnc2CNC[C@@H]1CNCCO1. The lowest BCUT2D eigenvalue weighted by Crippen LogP contribution is -2.43. The largest absolute Gasteiger partial charge is 0.488 e. The highest BCUT2D eigenvalue weighted by molar-refractivity contribution is 6.30. The predicted octanol–water partition coefficient (Wildman–Crippen LogP) is 2.69. The maximum Gasteiger partial charge on any atom is 0.170 e. The Labute approximate surface area is 178 Å². The van der Waals surface area contributed by atoms with Gasteiger partial charge in [-0.25, -0.2) is 4.39 Å². The molecule has 0 radical (unpaired) electrons. The van der Waals surface area contributed by atoms with Gasteiger partial charge in [-0.1, -0.05) is 11.6 Å². The third kappa shape index (κ3) is 5.02. The molecule has 3 heterocycles. The first-order valence-corrected chi connectivity index (χ1v) is 10.2. The van der Waals surface area contributed by atoms with E-state index >= 15 is 0 Å². The van der Waals surface area contributed by atoms with Gasteiger partial charge in [0.2, 0.25) is 0 Å². The zero-order valence-electron chi connectivity index (χ0n) is 16.3. The Morgan fingerprint density at radius 3 is 3.07 bits per heavy atom. The molecule has 2 aromatic rings. The van der Waals surface area contributed by atoms with Gasteiger partial charge >= 0.3 is 0 Å². The van der Waals surface area contributed by atoms with Crippen LogP contribution in [-0.4, -0.2) is 55.4 Å². The normalized spacial score (nSPS) is 18.7. The van der Waals surface area contributed by atoms with Crippen molar-refractivity contribution in [2.45, 2.75) is 19.1 Å². The van der Waals surface area contributed by atoms with Gasteiger partial charge in [-0.15, -0.1) is 0 Å². The minimum absolute atomic E-state index is 0.0192. The molecule has 2 N–H and O–H groups in total. The second kappa shape index (κ2) is 9.61. The van der Waals surface area contributed by atoms with Crippen LogP contribution in [0.4, 0.5) is 10.1 Å². The summed E-state index contributed by atoms with van der Waals surface area (Å²) in [5.74, 6) is -0.128. The molecule has 30 heavy (non-hydrogen) atoms. The summed E-state index contributed by atoms with van der Waals surface area (Å²) < 4.78 is 24.6. The van der Waals surface area contributed by atoms with Gasteiger partial charge in [-0.05, 0) is 18.2 Å². The number of ketones is 1. The Kier molecular flexibility index (Phi) is 6.69. The number of nitrogens with one attached hydrogen (secondary N) is 2. The molecule has 1 fully saturated rings. The van der Waals surface area contributed by atoms with Crippen LogP contribution in [0.25, 0.3) is 0 Å². The van der Waals surface area contributed by atoms with Crippen LogP contribution in [0.1, 0.15) is 22.5 Å². The van der Waals surface area contributed by atoms with Gasteiger partial charge in [0, 0.05) is 44.0 Å². The Bertz CT molecular complexity index is 963. The third-order valence-corrected chi connectivity index (χ3v) is 5.19. The minimum Gasteiger partial charge on any atom is -0.488 e. The number of hydrogen-bond acceptors (Lipinski definition) is 7. The Morgan fingerprint density at radius 2 is 2.27 bits per heavy atom. The van der Waals surface area contributed by atoms with Crippen LogP contribution < -0.4 is 15.4 Å². The van der Waals surface area contributed by atoms with Crippen LogP contribution >= 0.6 is 11.6 Å². The van der Waals surface area contributed by atoms with Gasteiger partial charge in [0.15, 0.2) is 5.78 Å². The number of rotatable bonds is 7. The molecule has 1 aromatic heterocycles. The number of hydrogen-bond donors (Lipinski definition) is 2. The second-order valence-electron chi connectivity index (χ2n) is 7.12. The van der Waals surface area contributed by atoms with E-state index in [1.165, 1.54) is 18.2 Å². The topological polar surface area (TPSA) is 84.8 Å². The summed E-state index contributed by atoms with van der Waals surface area (Å²) in [6.45, 7) is 3.64. The second-order valence-corrected chi connectivity index (χ2v) is 7.53. The summed E-state index contributed by atoms with van der Waals surface area (Å²) in [7, 11) is 0. The molecule has 1 saturated heterocycles. The number of carbonyl (C=O) groups excluding carboxylic acids is 1. The van der Waals surface area contributed by atoms with Crippen molar-refractivity contribution < 1.29 is 18.7 Å². The summed E-state index contributed by atoms with van der Waals surface area (Å²) in [6.07, 6.45) is 1.90. The van der Waals surface area contributed by atoms with E-state index in [0.29, 0.717) is 48.1 Å². The number of fused-ring (bicyclic) bond motifs is 1. The summed E-state index contributed by atoms with van der Waals surface area (Å²) >= 11 is 5.78. The molecular formula is C21H22ClFN4O3. The standard InChI is InChI=1S/C21H22ClFN4O3/c22-17-8-14(1-2-18(17)23)30-12-13-7-20(28)16-3-4-26-19(21(16)27-13)11-25-10-15-9-24-5-6-29-15/h1-4,8,15,24-25H,5-7,9-12H2/t15-/m0/s1. The lowest BCUT2D eigenvalue weighted by atomic mass is 10.00. The smallest absolute Gasteiger partial charge is 0.170 e. The molecule has 0 amide bonds. The first kappa shape index (κ1) is 20.9. The molecule has 0 unspecified atom stereocenters. The van der Waals surface area contributed by atoms with E-state index < -0.39 is 5.82 Å². The van der Waals surface area contributed by atoms with Crippen molar-refractivity contribution in [2.24, 2.45) is 4.99 Å². The summed E-state index contributed by atoms with van der Waals surface area (Å²) in [5, 5.41) is 6.60. The lowest BCUT2D eigenvalue weighted by Gasteiger charge is -2.24. The number of ether oxygens (including phenoxy) is 2. The van der Waals surface area contributed by atoms with Crippen LogP contribution in [0.3, 0.4) is 0 Å². The monoisotopic (exact) mass is 432 g/mol. The molecule has 4 rings (SSSR count). The van der Waals surface area contributed by atoms with Crippen molar-refractivity contribution in [1.82, 2.24) is 15.6 Å². The molecule has 0 spiro atoms. The van der Waals surface area contributed by atoms with Crippen LogP contribution in [0.5, 0.6) is 5.75 Å². The van der Waals surface area contributed by atoms with Crippen LogP contribution in [0, 0.1) is 5.82 Å². The Morgan fingerprint density at radius 1 is 1.37 bits per heavy atom. The maximum atomic E-state index is 13.3. The zero-order chi connectivity index (χ0) is 20.9. The average molecular weight is 433 g/mol. The fraction of sp³-hybridized carbons (Fsp3) is 0.381. The first-order valence-electron chi connectivity index (χ1n) is 9.78. The summed E-state index contributed by atoms with van der Waals surface area (Å²) in [6, 6.07) is 5.81. The van der Waals surface area contributed by atoms with Crippen molar-refractivity contribution >= 4 is 28.8 Å². The lowest BCUT2D eigenvalue weighted by molar-refractivity contribution is 0.0290. The molecule has 158 valence electrons. The van der Waals surface area contributed by atoms with Gasteiger partial charge in [0.05, 0.1) is 41.2 Å². The third-order valence-electron chi connectivity index (χ3n) is 4.90. The number of morpholine rings is 1. The number of carbonyl (C=O) groups is 1. The first-order chi connectivity index (χ1) is 14.6. The van der Waals surface area contributed by atoms with Gasteiger partial charge < -0.3 is 20.1 Å². The molecule has 7 nitrogen and oxygen atoms in total. The van der Waals surface area contributed by atoms with Gasteiger partial charge in [0.25, 0.3) is 0 Å². The molecule has 1 atom stereocenters. The maximum absolute atomic E-state index is 13.3. The number of aromatic nitrogens is 1. The highest BCUT2D eigenvalue weighted by Crippen LogP contribution is 2.29. The number of aliphatic imine (C=N–C) groups is 1. The summed E-state index contributed by atoms with van der Waals surface area (Å²) in [5.41, 5.74) is 2.42. The van der Waals surface area contributed by atoms with E-state index in [4.69, 9.17) is 21.1 Å². The highest BCUT2D eigenvalue weighted by atomic mass is 35.5. The van der Waals surface area contributed by atoms with Gasteiger partial charge in [0.1, 0.15) is 18.2 Å². The molecule has 1 aromatic carbocycles. The van der Waals surface area contributed by atoms with Crippen LogP contribution in [0.2, 0.25) is 5.02 Å². The van der Waals surface area contributed by atoms with Crippen molar-refractivity contribution in [3.63, 3.8) is 0 Å². The number of pyridine rings is 1. The van der Waals surface area contributed by atoms with E-state index in [1.54, 1.807) is 12.3 Å². The quantitative estimate of drug-likeness (QED) is 0.699. The Hall–Kier alpha value is -2.39. The van der Waals surface area contributed by atoms with Crippen molar-refractivity contribution in [1.29, 1.82) is 0 Å². The van der Waals surface area contributed by atoms with Crippen molar-refractivity contribution in [3.8, 4) is 5.75 Å². The van der Waals surface area contributed by atoms with E-state index in [1.807, 2.05) is 0 Å². The highest BCUT2D eigenvalue weighted by Gasteiger charge is 2.23. The van der Waals surface area contributed by atoms with E-state index in [0.717, 1.165) is 13.1 Å². The van der Waals surface area contributed by atoms with Gasteiger partial charge in [-0.3, -0.25) is 14.8 Å². The predicted molar refractivity (Wildman–Crippen MR) is 112 cm³/mol. The number of Topliss-reactive ketones (excluding diaryl/α,β-unsaturated/α-hetero) is 1. The van der Waals surface area contributed by atoms with Crippen molar-refractivity contribution in [2.75, 3.05) is 32.8 Å². The van der Waals surface area contributed by atoms with E-state index in [-0.39, 0.29) is 29.9 Å². The summed E-state index contributed by atoms with van der Waals surface area (Å²) in [4.78, 5) is 21.6. The molecule has 9 heteroatoms. The number of halogens is 2. The fourth-order valence-electron chi connectivity index (χ4n) is 3.37. The number of benzene rings is 1. The van der Waals surface area contributed by atoms with Crippen molar-refractivity contribution in [3.05, 3.63) is 52.6 Å². The fourth-order valence-corrected chi connectivity index (χ4v) is 3.54. The van der Waals surface area contributed by atoms with Crippen LogP contribution in [0.15, 0.2) is 35.5 Å². The average Bonchev–Trinajstić information content (AvgIpc) is 2.76. The van der Waals surface area contributed by atoms with E-state index in [2.05, 4.69) is 20.6 Å². The molecule has 0 aliphatic carbocycles. The molecule has 0 bridgehead atoms. The molecule has 2 aliphatic heterocycles.